The van der Waals surface area contributed by atoms with Gasteiger partial charge in [0, 0.05) is 24.9 Å². The Kier molecular flexibility index (Phi) is 6.08. The second-order valence-corrected chi connectivity index (χ2v) is 6.98. The summed E-state index contributed by atoms with van der Waals surface area (Å²) in [5, 5.41) is 5.83. The zero-order valence-electron chi connectivity index (χ0n) is 15.2. The lowest BCUT2D eigenvalue weighted by Gasteiger charge is -2.28. The number of nitrogens with zero attached hydrogens (tertiary/aromatic N) is 1. The molecule has 1 aromatic heterocycles. The zero-order chi connectivity index (χ0) is 19.4. The smallest absolute Gasteiger partial charge is 0.254 e. The van der Waals surface area contributed by atoms with Crippen LogP contribution in [0.15, 0.2) is 6.07 Å². The van der Waals surface area contributed by atoms with Gasteiger partial charge in [0.05, 0.1) is 13.2 Å². The molecule has 1 atom stereocenters. The van der Waals surface area contributed by atoms with Gasteiger partial charge in [0.1, 0.15) is 6.10 Å². The Morgan fingerprint density at radius 2 is 2.07 bits per heavy atom. The van der Waals surface area contributed by atoms with Crippen LogP contribution in [-0.2, 0) is 11.3 Å². The predicted molar refractivity (Wildman–Crippen MR) is 91.4 cm³/mol. The van der Waals surface area contributed by atoms with Gasteiger partial charge in [0.25, 0.3) is 5.88 Å². The van der Waals surface area contributed by atoms with Gasteiger partial charge in [-0.05, 0) is 38.3 Å². The number of hydrogen-bond acceptors (Lipinski definition) is 5. The van der Waals surface area contributed by atoms with Gasteiger partial charge in [-0.25, -0.2) is 13.2 Å². The summed E-state index contributed by atoms with van der Waals surface area (Å²) in [6.45, 7) is 0.872. The molecule has 1 saturated heterocycles. The lowest BCUT2D eigenvalue weighted by molar-refractivity contribution is -0.122. The van der Waals surface area contributed by atoms with Gasteiger partial charge in [-0.2, -0.15) is 4.98 Å². The summed E-state index contributed by atoms with van der Waals surface area (Å²) in [6, 6.07) is 0.960. The van der Waals surface area contributed by atoms with Crippen LogP contribution >= 0.6 is 0 Å². The van der Waals surface area contributed by atoms with E-state index in [1.807, 2.05) is 0 Å². The minimum Gasteiger partial charge on any atom is -0.481 e. The Morgan fingerprint density at radius 1 is 1.33 bits per heavy atom. The summed E-state index contributed by atoms with van der Waals surface area (Å²) >= 11 is 0. The number of rotatable bonds is 6. The van der Waals surface area contributed by atoms with E-state index in [0.717, 1.165) is 19.4 Å². The van der Waals surface area contributed by atoms with Gasteiger partial charge >= 0.3 is 0 Å². The second-order valence-electron chi connectivity index (χ2n) is 6.98. The lowest BCUT2D eigenvalue weighted by atomic mass is 9.94. The van der Waals surface area contributed by atoms with Gasteiger partial charge in [-0.15, -0.1) is 0 Å². The van der Waals surface area contributed by atoms with Crippen LogP contribution in [0, 0.1) is 5.82 Å². The van der Waals surface area contributed by atoms with Crippen molar-refractivity contribution in [2.75, 3.05) is 13.7 Å². The highest BCUT2D eigenvalue weighted by Gasteiger charge is 2.36. The lowest BCUT2D eigenvalue weighted by Crippen LogP contribution is -2.40. The summed E-state index contributed by atoms with van der Waals surface area (Å²) in [7, 11) is 1.38. The Labute approximate surface area is 155 Å². The SMILES string of the molecule is COc1nc(OC2CCC(F)(F)CC2)c(F)cc1CNC(=O)C1CCCN1. The van der Waals surface area contributed by atoms with Crippen molar-refractivity contribution in [3.63, 3.8) is 0 Å². The number of pyridine rings is 1. The fourth-order valence-corrected chi connectivity index (χ4v) is 3.38. The average molecular weight is 387 g/mol. The molecule has 1 aliphatic heterocycles. The van der Waals surface area contributed by atoms with Crippen molar-refractivity contribution in [2.24, 2.45) is 0 Å². The van der Waals surface area contributed by atoms with Gasteiger partial charge in [-0.3, -0.25) is 4.79 Å². The van der Waals surface area contributed by atoms with E-state index in [2.05, 4.69) is 15.6 Å². The van der Waals surface area contributed by atoms with Crippen molar-refractivity contribution in [2.45, 2.75) is 63.1 Å². The van der Waals surface area contributed by atoms with Crippen molar-refractivity contribution in [3.8, 4) is 11.8 Å². The third-order valence-corrected chi connectivity index (χ3v) is 4.95. The largest absolute Gasteiger partial charge is 0.481 e. The Balaban J connectivity index is 1.63. The van der Waals surface area contributed by atoms with Crippen LogP contribution in [0.5, 0.6) is 11.8 Å². The molecule has 1 unspecified atom stereocenters. The maximum absolute atomic E-state index is 14.4. The Bertz CT molecular complexity index is 671. The molecule has 0 spiro atoms. The fourth-order valence-electron chi connectivity index (χ4n) is 3.38. The molecule has 2 heterocycles. The van der Waals surface area contributed by atoms with Crippen LogP contribution in [-0.4, -0.2) is 42.6 Å². The average Bonchev–Trinajstić information content (AvgIpc) is 3.18. The molecule has 2 aliphatic rings. The highest BCUT2D eigenvalue weighted by Crippen LogP contribution is 2.35. The quantitative estimate of drug-likeness (QED) is 0.785. The molecule has 6 nitrogen and oxygen atoms in total. The topological polar surface area (TPSA) is 72.5 Å². The first kappa shape index (κ1) is 19.7. The number of carbonyl (C=O) groups is 1. The number of methoxy groups -OCH3 is 1. The molecule has 0 radical (unpaired) electrons. The molecule has 3 rings (SSSR count). The maximum Gasteiger partial charge on any atom is 0.254 e. The molecule has 9 heteroatoms. The standard InChI is InChI=1S/C18H24F3N3O3/c1-26-16-11(10-23-15(25)14-3-2-8-22-14)9-13(19)17(24-16)27-12-4-6-18(20,21)7-5-12/h9,12,14,22H,2-8,10H2,1H3,(H,23,25). The Morgan fingerprint density at radius 3 is 2.70 bits per heavy atom. The van der Waals surface area contributed by atoms with Gasteiger partial charge < -0.3 is 20.1 Å². The number of ether oxygens (including phenoxy) is 2. The molecule has 0 bridgehead atoms. The Hall–Kier alpha value is -2.03. The summed E-state index contributed by atoms with van der Waals surface area (Å²) < 4.78 is 51.5. The maximum atomic E-state index is 14.4. The molecule has 1 saturated carbocycles. The normalized spacial score (nSPS) is 22.4. The molecule has 1 amide bonds. The zero-order valence-corrected chi connectivity index (χ0v) is 15.2. The third-order valence-electron chi connectivity index (χ3n) is 4.95. The molecule has 1 aliphatic carbocycles. The van der Waals surface area contributed by atoms with Crippen molar-refractivity contribution in [1.29, 1.82) is 0 Å². The number of amides is 1. The van der Waals surface area contributed by atoms with Crippen LogP contribution in [0.1, 0.15) is 44.1 Å². The van der Waals surface area contributed by atoms with Crippen LogP contribution < -0.4 is 20.1 Å². The van der Waals surface area contributed by atoms with Crippen molar-refractivity contribution in [3.05, 3.63) is 17.4 Å². The number of carbonyl (C=O) groups excluding carboxylic acids is 1. The molecular weight excluding hydrogens is 363 g/mol. The second kappa shape index (κ2) is 8.33. The van der Waals surface area contributed by atoms with E-state index < -0.39 is 17.8 Å². The van der Waals surface area contributed by atoms with Gasteiger partial charge in [-0.1, -0.05) is 0 Å². The van der Waals surface area contributed by atoms with Gasteiger partial charge in [0.2, 0.25) is 17.7 Å². The molecule has 0 aromatic carbocycles. The van der Waals surface area contributed by atoms with Crippen LogP contribution in [0.25, 0.3) is 0 Å². The molecule has 1 aromatic rings. The highest BCUT2D eigenvalue weighted by molar-refractivity contribution is 5.82. The van der Waals surface area contributed by atoms with Crippen LogP contribution in [0.3, 0.4) is 0 Å². The number of alkyl halides is 2. The highest BCUT2D eigenvalue weighted by atomic mass is 19.3. The van der Waals surface area contributed by atoms with E-state index in [1.54, 1.807) is 0 Å². The van der Waals surface area contributed by atoms with Crippen molar-refractivity contribution < 1.29 is 27.4 Å². The number of aromatic nitrogens is 1. The van der Waals surface area contributed by atoms with E-state index in [-0.39, 0.29) is 55.9 Å². The summed E-state index contributed by atoms with van der Waals surface area (Å²) in [4.78, 5) is 16.1. The first-order valence-corrected chi connectivity index (χ1v) is 9.17. The number of halogens is 3. The van der Waals surface area contributed by atoms with E-state index >= 15 is 0 Å². The van der Waals surface area contributed by atoms with E-state index in [0.29, 0.717) is 5.56 Å². The first-order chi connectivity index (χ1) is 12.9. The summed E-state index contributed by atoms with van der Waals surface area (Å²) in [6.07, 6.45) is 0.923. The van der Waals surface area contributed by atoms with E-state index in [1.165, 1.54) is 13.2 Å². The minimum absolute atomic E-state index is 0.0695. The van der Waals surface area contributed by atoms with Crippen LogP contribution in [0.4, 0.5) is 13.2 Å². The number of nitrogens with one attached hydrogen (secondary N) is 2. The summed E-state index contributed by atoms with van der Waals surface area (Å²) in [5.41, 5.74) is 0.379. The molecule has 2 N–H and O–H groups in total. The first-order valence-electron chi connectivity index (χ1n) is 9.17. The van der Waals surface area contributed by atoms with Crippen LogP contribution in [0.2, 0.25) is 0 Å². The third kappa shape index (κ3) is 5.03. The van der Waals surface area contributed by atoms with Crippen molar-refractivity contribution >= 4 is 5.91 Å². The van der Waals surface area contributed by atoms with E-state index in [9.17, 15) is 18.0 Å². The monoisotopic (exact) mass is 387 g/mol. The predicted octanol–water partition coefficient (Wildman–Crippen LogP) is 2.55. The molecule has 27 heavy (non-hydrogen) atoms. The molecular formula is C18H24F3N3O3. The minimum atomic E-state index is -2.68. The molecule has 2 fully saturated rings. The molecule has 150 valence electrons. The van der Waals surface area contributed by atoms with Gasteiger partial charge in [0.15, 0.2) is 5.82 Å². The number of hydrogen-bond donors (Lipinski definition) is 2. The van der Waals surface area contributed by atoms with E-state index in [4.69, 9.17) is 9.47 Å². The fraction of sp³-hybridized carbons (Fsp3) is 0.667. The summed E-state index contributed by atoms with van der Waals surface area (Å²) in [5.74, 6) is -3.68. The van der Waals surface area contributed by atoms with Crippen molar-refractivity contribution in [1.82, 2.24) is 15.6 Å².